The minimum absolute atomic E-state index is 0.0330. The molecule has 1 fully saturated rings. The van der Waals surface area contributed by atoms with Crippen LogP contribution in [-0.2, 0) is 17.6 Å². The number of carbonyl (C=O) groups is 2. The molecule has 2 aliphatic rings. The summed E-state index contributed by atoms with van der Waals surface area (Å²) in [4.78, 5) is 25.6. The Morgan fingerprint density at radius 3 is 2.75 bits per heavy atom. The number of piperidine rings is 1. The van der Waals surface area contributed by atoms with E-state index >= 15 is 0 Å². The van der Waals surface area contributed by atoms with Crippen LogP contribution < -0.4 is 5.73 Å². The van der Waals surface area contributed by atoms with Crippen LogP contribution in [-0.4, -0.2) is 29.8 Å². The molecule has 4 heteroatoms. The lowest BCUT2D eigenvalue weighted by molar-refractivity contribution is -0.123. The molecule has 2 amide bonds. The molecule has 0 radical (unpaired) electrons. The van der Waals surface area contributed by atoms with Crippen molar-refractivity contribution < 1.29 is 9.59 Å². The monoisotopic (exact) mass is 272 g/mol. The Bertz CT molecular complexity index is 553. The fraction of sp³-hybridized carbons (Fsp3) is 0.500. The molecule has 1 saturated heterocycles. The van der Waals surface area contributed by atoms with Crippen molar-refractivity contribution in [3.63, 3.8) is 0 Å². The third-order valence-electron chi connectivity index (χ3n) is 4.46. The zero-order chi connectivity index (χ0) is 14.1. The normalized spacial score (nSPS) is 21.6. The number of benzene rings is 1. The average Bonchev–Trinajstić information content (AvgIpc) is 2.94. The number of primary amides is 1. The Morgan fingerprint density at radius 1 is 1.15 bits per heavy atom. The third-order valence-corrected chi connectivity index (χ3v) is 4.46. The standard InChI is InChI=1S/C16H20N2O2/c17-15(19)14-5-2-8-18(10-14)16(20)13-7-6-11-3-1-4-12(11)9-13/h6-7,9,14H,1-5,8,10H2,(H2,17,19). The average molecular weight is 272 g/mol. The molecule has 1 aliphatic carbocycles. The van der Waals surface area contributed by atoms with Gasteiger partial charge in [0.25, 0.3) is 5.91 Å². The highest BCUT2D eigenvalue weighted by molar-refractivity contribution is 5.95. The van der Waals surface area contributed by atoms with Crippen LogP contribution in [0.5, 0.6) is 0 Å². The Labute approximate surface area is 118 Å². The summed E-state index contributed by atoms with van der Waals surface area (Å²) < 4.78 is 0. The maximum atomic E-state index is 12.5. The molecule has 1 unspecified atom stereocenters. The Hall–Kier alpha value is -1.84. The number of nitrogens with two attached hydrogens (primary N) is 1. The molecule has 0 saturated carbocycles. The molecule has 2 N–H and O–H groups in total. The van der Waals surface area contributed by atoms with E-state index in [1.54, 1.807) is 4.90 Å². The van der Waals surface area contributed by atoms with Crippen LogP contribution in [0.4, 0.5) is 0 Å². The van der Waals surface area contributed by atoms with Gasteiger partial charge in [-0.1, -0.05) is 6.07 Å². The lowest BCUT2D eigenvalue weighted by Crippen LogP contribution is -2.44. The zero-order valence-corrected chi connectivity index (χ0v) is 11.6. The van der Waals surface area contributed by atoms with Gasteiger partial charge in [-0.15, -0.1) is 0 Å². The highest BCUT2D eigenvalue weighted by atomic mass is 16.2. The molecule has 0 bridgehead atoms. The van der Waals surface area contributed by atoms with Crippen LogP contribution in [0.15, 0.2) is 18.2 Å². The Kier molecular flexibility index (Phi) is 3.47. The molecule has 1 heterocycles. The van der Waals surface area contributed by atoms with E-state index in [1.165, 1.54) is 17.5 Å². The number of hydrogen-bond donors (Lipinski definition) is 1. The van der Waals surface area contributed by atoms with Crippen molar-refractivity contribution in [3.8, 4) is 0 Å². The number of hydrogen-bond acceptors (Lipinski definition) is 2. The minimum atomic E-state index is -0.295. The summed E-state index contributed by atoms with van der Waals surface area (Å²) in [6.45, 7) is 1.19. The van der Waals surface area contributed by atoms with Gasteiger partial charge in [0.15, 0.2) is 0 Å². The van der Waals surface area contributed by atoms with Gasteiger partial charge >= 0.3 is 0 Å². The molecule has 1 atom stereocenters. The largest absolute Gasteiger partial charge is 0.369 e. The second-order valence-electron chi connectivity index (χ2n) is 5.83. The SMILES string of the molecule is NC(=O)C1CCCN(C(=O)c2ccc3c(c2)CCC3)C1. The highest BCUT2D eigenvalue weighted by Gasteiger charge is 2.28. The lowest BCUT2D eigenvalue weighted by Gasteiger charge is -2.31. The van der Waals surface area contributed by atoms with Crippen molar-refractivity contribution >= 4 is 11.8 Å². The molecular formula is C16H20N2O2. The number of nitrogens with zero attached hydrogens (tertiary/aromatic N) is 1. The molecule has 1 aromatic carbocycles. The van der Waals surface area contributed by atoms with Gasteiger partial charge in [-0.2, -0.15) is 0 Å². The number of likely N-dealkylation sites (tertiary alicyclic amines) is 1. The van der Waals surface area contributed by atoms with Crippen LogP contribution >= 0.6 is 0 Å². The predicted octanol–water partition coefficient (Wildman–Crippen LogP) is 1.51. The van der Waals surface area contributed by atoms with E-state index in [9.17, 15) is 9.59 Å². The maximum absolute atomic E-state index is 12.5. The van der Waals surface area contributed by atoms with Crippen LogP contribution in [0.3, 0.4) is 0 Å². The first-order valence-corrected chi connectivity index (χ1v) is 7.35. The van der Waals surface area contributed by atoms with Gasteiger partial charge in [0, 0.05) is 18.7 Å². The molecule has 0 aromatic heterocycles. The molecule has 0 spiro atoms. The van der Waals surface area contributed by atoms with Gasteiger partial charge < -0.3 is 10.6 Å². The molecule has 106 valence electrons. The summed E-state index contributed by atoms with van der Waals surface area (Å²) in [5, 5.41) is 0. The molecule has 4 nitrogen and oxygen atoms in total. The molecule has 3 rings (SSSR count). The minimum Gasteiger partial charge on any atom is -0.369 e. The Balaban J connectivity index is 1.76. The van der Waals surface area contributed by atoms with E-state index in [2.05, 4.69) is 6.07 Å². The first-order chi connectivity index (χ1) is 9.65. The van der Waals surface area contributed by atoms with Crippen molar-refractivity contribution in [2.24, 2.45) is 11.7 Å². The van der Waals surface area contributed by atoms with Gasteiger partial charge in [-0.05, 0) is 55.4 Å². The van der Waals surface area contributed by atoms with Crippen molar-refractivity contribution in [1.29, 1.82) is 0 Å². The quantitative estimate of drug-likeness (QED) is 0.887. The van der Waals surface area contributed by atoms with E-state index in [0.29, 0.717) is 6.54 Å². The number of amides is 2. The van der Waals surface area contributed by atoms with Gasteiger partial charge in [0.1, 0.15) is 0 Å². The van der Waals surface area contributed by atoms with Gasteiger partial charge in [0.05, 0.1) is 5.92 Å². The number of rotatable bonds is 2. The molecule has 1 aliphatic heterocycles. The van der Waals surface area contributed by atoms with Gasteiger partial charge in [-0.3, -0.25) is 9.59 Å². The fourth-order valence-electron chi connectivity index (χ4n) is 3.28. The summed E-state index contributed by atoms with van der Waals surface area (Å²) in [6.07, 6.45) is 5.02. The summed E-state index contributed by atoms with van der Waals surface area (Å²) >= 11 is 0. The van der Waals surface area contributed by atoms with Gasteiger partial charge in [0.2, 0.25) is 5.91 Å². The summed E-state index contributed by atoms with van der Waals surface area (Å²) in [6, 6.07) is 6.02. The number of fused-ring (bicyclic) bond motifs is 1. The molecule has 1 aromatic rings. The first kappa shape index (κ1) is 13.2. The van der Waals surface area contributed by atoms with E-state index in [0.717, 1.165) is 37.8 Å². The van der Waals surface area contributed by atoms with Crippen molar-refractivity contribution in [2.75, 3.05) is 13.1 Å². The summed E-state index contributed by atoms with van der Waals surface area (Å²) in [5.41, 5.74) is 8.79. The van der Waals surface area contributed by atoms with Crippen LogP contribution in [0.25, 0.3) is 0 Å². The van der Waals surface area contributed by atoms with Crippen LogP contribution in [0.1, 0.15) is 40.7 Å². The number of aryl methyl sites for hydroxylation is 2. The first-order valence-electron chi connectivity index (χ1n) is 7.35. The molecule has 20 heavy (non-hydrogen) atoms. The summed E-state index contributed by atoms with van der Waals surface area (Å²) in [7, 11) is 0. The smallest absolute Gasteiger partial charge is 0.253 e. The van der Waals surface area contributed by atoms with E-state index in [1.807, 2.05) is 12.1 Å². The van der Waals surface area contributed by atoms with Gasteiger partial charge in [-0.25, -0.2) is 0 Å². The van der Waals surface area contributed by atoms with Crippen LogP contribution in [0.2, 0.25) is 0 Å². The second kappa shape index (κ2) is 5.27. The fourth-order valence-corrected chi connectivity index (χ4v) is 3.28. The third kappa shape index (κ3) is 2.42. The van der Waals surface area contributed by atoms with Crippen LogP contribution in [0, 0.1) is 5.92 Å². The lowest BCUT2D eigenvalue weighted by atomic mass is 9.96. The van der Waals surface area contributed by atoms with Crippen molar-refractivity contribution in [3.05, 3.63) is 34.9 Å². The predicted molar refractivity (Wildman–Crippen MR) is 76.3 cm³/mol. The van der Waals surface area contributed by atoms with Crippen molar-refractivity contribution in [1.82, 2.24) is 4.90 Å². The molecular weight excluding hydrogens is 252 g/mol. The number of carbonyl (C=O) groups excluding carboxylic acids is 2. The van der Waals surface area contributed by atoms with E-state index in [-0.39, 0.29) is 17.7 Å². The maximum Gasteiger partial charge on any atom is 0.253 e. The van der Waals surface area contributed by atoms with Crippen molar-refractivity contribution in [2.45, 2.75) is 32.1 Å². The Morgan fingerprint density at radius 2 is 1.95 bits per heavy atom. The highest BCUT2D eigenvalue weighted by Crippen LogP contribution is 2.24. The summed E-state index contributed by atoms with van der Waals surface area (Å²) in [5.74, 6) is -0.454. The van der Waals surface area contributed by atoms with E-state index in [4.69, 9.17) is 5.73 Å². The second-order valence-corrected chi connectivity index (χ2v) is 5.83. The van der Waals surface area contributed by atoms with E-state index < -0.39 is 0 Å². The zero-order valence-electron chi connectivity index (χ0n) is 11.6. The topological polar surface area (TPSA) is 63.4 Å².